The van der Waals surface area contributed by atoms with Crippen LogP contribution in [0.3, 0.4) is 0 Å². The van der Waals surface area contributed by atoms with Crippen LogP contribution in [0.25, 0.3) is 10.9 Å². The van der Waals surface area contributed by atoms with Gasteiger partial charge in [-0.15, -0.1) is 0 Å². The van der Waals surface area contributed by atoms with Gasteiger partial charge in [0.2, 0.25) is 5.91 Å². The second-order valence-electron chi connectivity index (χ2n) is 10.9. The van der Waals surface area contributed by atoms with Crippen molar-refractivity contribution in [1.29, 1.82) is 5.26 Å². The number of halogens is 3. The number of carbonyl (C=O) groups is 1. The Kier molecular flexibility index (Phi) is 9.77. The molecule has 2 N–H and O–H groups in total. The fraction of sp³-hybridized carbons (Fsp3) is 0.452. The van der Waals surface area contributed by atoms with Crippen molar-refractivity contribution >= 4 is 22.5 Å². The number of ether oxygens (including phenoxy) is 1. The number of nitrogens with one attached hydrogen (secondary N) is 2. The number of hydrogen-bond acceptors (Lipinski definition) is 6. The van der Waals surface area contributed by atoms with E-state index in [0.717, 1.165) is 18.4 Å². The van der Waals surface area contributed by atoms with E-state index in [9.17, 15) is 23.2 Å². The summed E-state index contributed by atoms with van der Waals surface area (Å²) in [5.41, 5.74) is 2.35. The van der Waals surface area contributed by atoms with E-state index in [1.54, 1.807) is 49.2 Å². The molecular weight excluding hydrogens is 545 g/mol. The number of likely N-dealkylation sites (tertiary alicyclic amines) is 1. The van der Waals surface area contributed by atoms with Crippen molar-refractivity contribution in [3.05, 3.63) is 59.5 Å². The highest BCUT2D eigenvalue weighted by molar-refractivity contribution is 5.83. The Morgan fingerprint density at radius 1 is 1.17 bits per heavy atom. The maximum Gasteiger partial charge on any atom is 0.406 e. The molecule has 2 aromatic heterocycles. The van der Waals surface area contributed by atoms with Gasteiger partial charge in [-0.05, 0) is 68.5 Å². The van der Waals surface area contributed by atoms with Crippen LogP contribution >= 0.6 is 0 Å². The van der Waals surface area contributed by atoms with Crippen molar-refractivity contribution in [3.8, 4) is 17.9 Å². The molecule has 11 heteroatoms. The zero-order valence-electron chi connectivity index (χ0n) is 24.0. The summed E-state index contributed by atoms with van der Waals surface area (Å²) in [7, 11) is 1.51. The number of benzene rings is 1. The molecule has 0 saturated carbocycles. The molecule has 222 valence electrons. The van der Waals surface area contributed by atoms with Gasteiger partial charge >= 0.3 is 6.18 Å². The summed E-state index contributed by atoms with van der Waals surface area (Å²) in [5.74, 6) is 5.81. The molecule has 8 nitrogen and oxygen atoms in total. The molecule has 3 aromatic rings. The summed E-state index contributed by atoms with van der Waals surface area (Å²) < 4.78 is 46.5. The number of amides is 1. The number of aromatic nitrogens is 2. The predicted octanol–water partition coefficient (Wildman–Crippen LogP) is 4.59. The van der Waals surface area contributed by atoms with E-state index >= 15 is 0 Å². The Morgan fingerprint density at radius 2 is 1.93 bits per heavy atom. The molecule has 0 spiro atoms. The minimum absolute atomic E-state index is 0.00810. The first-order valence-electron chi connectivity index (χ1n) is 13.8. The summed E-state index contributed by atoms with van der Waals surface area (Å²) in [6, 6.07) is 13.2. The molecule has 42 heavy (non-hydrogen) atoms. The molecular formula is C31H35F3N6O2. The van der Waals surface area contributed by atoms with E-state index in [-0.39, 0.29) is 30.8 Å². The Balaban J connectivity index is 1.42. The van der Waals surface area contributed by atoms with Crippen LogP contribution < -0.4 is 10.6 Å². The van der Waals surface area contributed by atoms with Gasteiger partial charge in [0.1, 0.15) is 13.2 Å². The Morgan fingerprint density at radius 3 is 2.57 bits per heavy atom. The lowest BCUT2D eigenvalue weighted by Gasteiger charge is -2.32. The third-order valence-electron chi connectivity index (χ3n) is 7.29. The summed E-state index contributed by atoms with van der Waals surface area (Å²) in [5, 5.41) is 16.6. The summed E-state index contributed by atoms with van der Waals surface area (Å²) in [6.45, 7) is 4.63. The fourth-order valence-corrected chi connectivity index (χ4v) is 4.90. The van der Waals surface area contributed by atoms with Gasteiger partial charge in [-0.1, -0.05) is 12.0 Å². The smallest absolute Gasteiger partial charge is 0.375 e. The summed E-state index contributed by atoms with van der Waals surface area (Å²) in [6.07, 6.45) is -1.14. The average Bonchev–Trinajstić information content (AvgIpc) is 3.29. The van der Waals surface area contributed by atoms with Crippen LogP contribution in [0.15, 0.2) is 42.6 Å². The Labute approximate surface area is 243 Å². The lowest BCUT2D eigenvalue weighted by molar-refractivity contribution is -0.140. The van der Waals surface area contributed by atoms with Gasteiger partial charge in [0.25, 0.3) is 0 Å². The first-order chi connectivity index (χ1) is 20.0. The molecule has 4 rings (SSSR count). The van der Waals surface area contributed by atoms with Gasteiger partial charge in [0.15, 0.2) is 0 Å². The molecule has 0 unspecified atom stereocenters. The SMILES string of the molecule is COCC(=O)N1CCC(NCc2ccc3c(c2)cc(C#CCNc2ccc(C(C)(C)C#N)nc2)n3CC(F)(F)F)CC1. The van der Waals surface area contributed by atoms with Gasteiger partial charge in [0.05, 0.1) is 41.3 Å². The third-order valence-corrected chi connectivity index (χ3v) is 7.29. The van der Waals surface area contributed by atoms with E-state index in [0.29, 0.717) is 41.9 Å². The highest BCUT2D eigenvalue weighted by Crippen LogP contribution is 2.27. The van der Waals surface area contributed by atoms with Crippen LogP contribution in [-0.4, -0.2) is 65.9 Å². The Bertz CT molecular complexity index is 1490. The third kappa shape index (κ3) is 8.03. The first-order valence-corrected chi connectivity index (χ1v) is 13.8. The number of nitrogens with zero attached hydrogens (tertiary/aromatic N) is 4. The van der Waals surface area contributed by atoms with Crippen LogP contribution in [0.5, 0.6) is 0 Å². The van der Waals surface area contributed by atoms with Crippen molar-refractivity contribution in [2.75, 3.05) is 38.7 Å². The van der Waals surface area contributed by atoms with E-state index in [1.807, 2.05) is 12.1 Å². The molecule has 1 aliphatic heterocycles. The van der Waals surface area contributed by atoms with E-state index in [2.05, 4.69) is 33.5 Å². The highest BCUT2D eigenvalue weighted by atomic mass is 19.4. The number of alkyl halides is 3. The van der Waals surface area contributed by atoms with Gasteiger partial charge < -0.3 is 24.8 Å². The number of rotatable bonds is 9. The van der Waals surface area contributed by atoms with Crippen LogP contribution in [0.4, 0.5) is 18.9 Å². The first kappa shape index (κ1) is 30.9. The molecule has 0 atom stereocenters. The standard InChI is InChI=1S/C31H35F3N6O2/c1-30(2,20-35)28-9-7-25(18-38-28)36-12-4-5-26-16-23-15-22(6-8-27(23)40(26)21-31(32,33)34)17-37-24-10-13-39(14-11-24)29(41)19-42-3/h6-9,15-16,18,24,36-37H,10-14,17,19,21H2,1-3H3. The van der Waals surface area contributed by atoms with E-state index < -0.39 is 18.1 Å². The number of anilines is 1. The molecule has 1 fully saturated rings. The largest absolute Gasteiger partial charge is 0.406 e. The molecule has 1 aromatic carbocycles. The van der Waals surface area contributed by atoms with Crippen molar-refractivity contribution in [3.63, 3.8) is 0 Å². The minimum atomic E-state index is -4.40. The Hall–Kier alpha value is -4.06. The molecule has 1 amide bonds. The van der Waals surface area contributed by atoms with Crippen molar-refractivity contribution in [2.45, 2.75) is 57.4 Å². The van der Waals surface area contributed by atoms with E-state index in [1.165, 1.54) is 11.7 Å². The van der Waals surface area contributed by atoms with Crippen LogP contribution in [0.2, 0.25) is 0 Å². The minimum Gasteiger partial charge on any atom is -0.375 e. The van der Waals surface area contributed by atoms with Gasteiger partial charge in [-0.3, -0.25) is 9.78 Å². The van der Waals surface area contributed by atoms with Gasteiger partial charge in [0, 0.05) is 43.7 Å². The second kappa shape index (κ2) is 13.3. The van der Waals surface area contributed by atoms with Crippen LogP contribution in [0.1, 0.15) is 43.6 Å². The number of piperidine rings is 1. The van der Waals surface area contributed by atoms with Crippen molar-refractivity contribution in [1.82, 2.24) is 19.8 Å². The average molecular weight is 581 g/mol. The van der Waals surface area contributed by atoms with Crippen LogP contribution in [-0.2, 0) is 28.0 Å². The van der Waals surface area contributed by atoms with E-state index in [4.69, 9.17) is 4.74 Å². The van der Waals surface area contributed by atoms with Gasteiger partial charge in [-0.25, -0.2) is 0 Å². The molecule has 0 aliphatic carbocycles. The second-order valence-corrected chi connectivity index (χ2v) is 10.9. The topological polar surface area (TPSA) is 95.2 Å². The number of nitriles is 1. The molecule has 3 heterocycles. The van der Waals surface area contributed by atoms with Gasteiger partial charge in [-0.2, -0.15) is 18.4 Å². The fourth-order valence-electron chi connectivity index (χ4n) is 4.90. The molecule has 1 saturated heterocycles. The molecule has 0 radical (unpaired) electrons. The number of carbonyl (C=O) groups excluding carboxylic acids is 1. The number of methoxy groups -OCH3 is 1. The molecule has 1 aliphatic rings. The predicted molar refractivity (Wildman–Crippen MR) is 155 cm³/mol. The lowest BCUT2D eigenvalue weighted by Crippen LogP contribution is -2.45. The summed E-state index contributed by atoms with van der Waals surface area (Å²) >= 11 is 0. The summed E-state index contributed by atoms with van der Waals surface area (Å²) in [4.78, 5) is 18.1. The highest BCUT2D eigenvalue weighted by Gasteiger charge is 2.30. The molecule has 0 bridgehead atoms. The lowest BCUT2D eigenvalue weighted by atomic mass is 9.91. The number of pyridine rings is 1. The maximum absolute atomic E-state index is 13.5. The van der Waals surface area contributed by atoms with Crippen molar-refractivity contribution in [2.24, 2.45) is 0 Å². The maximum atomic E-state index is 13.5. The quantitative estimate of drug-likeness (QED) is 0.360. The van der Waals surface area contributed by atoms with Crippen LogP contribution in [0, 0.1) is 23.2 Å². The zero-order chi connectivity index (χ0) is 30.3. The number of fused-ring (bicyclic) bond motifs is 1. The monoisotopic (exact) mass is 580 g/mol. The number of hydrogen-bond donors (Lipinski definition) is 2. The normalized spacial score (nSPS) is 14.4. The zero-order valence-corrected chi connectivity index (χ0v) is 24.0. The van der Waals surface area contributed by atoms with Crippen molar-refractivity contribution < 1.29 is 22.7 Å².